The van der Waals surface area contributed by atoms with Crippen LogP contribution in [0.15, 0.2) is 174 Å². The van der Waals surface area contributed by atoms with Gasteiger partial charge in [0.2, 0.25) is 0 Å². The van der Waals surface area contributed by atoms with Gasteiger partial charge in [-0.2, -0.15) is 0 Å². The number of benzene rings is 8. The van der Waals surface area contributed by atoms with Gasteiger partial charge in [0, 0.05) is 43.7 Å². The van der Waals surface area contributed by atoms with E-state index in [9.17, 15) is 0 Å². The quantitative estimate of drug-likeness (QED) is 0.185. The number of nitrogens with one attached hydrogen (secondary N) is 1. The van der Waals surface area contributed by atoms with Gasteiger partial charge < -0.3 is 23.6 Å². The summed E-state index contributed by atoms with van der Waals surface area (Å²) in [5, 5.41) is 9.72. The number of hydrogen-bond donors (Lipinski definition) is 1. The van der Waals surface area contributed by atoms with Gasteiger partial charge in [-0.1, -0.05) is 115 Å². The summed E-state index contributed by atoms with van der Waals surface area (Å²) in [6.07, 6.45) is 0. The second kappa shape index (κ2) is 11.1. The molecule has 56 heavy (non-hydrogen) atoms. The van der Waals surface area contributed by atoms with E-state index < -0.39 is 0 Å². The average molecular weight is 715 g/mol. The topological polar surface area (TPSA) is 44.3 Å². The van der Waals surface area contributed by atoms with Crippen LogP contribution in [0.2, 0.25) is 0 Å². The number of hydrogen-bond acceptors (Lipinski definition) is 3. The van der Waals surface area contributed by atoms with Gasteiger partial charge in [0.25, 0.3) is 0 Å². The Balaban J connectivity index is 1.17. The van der Waals surface area contributed by atoms with Crippen LogP contribution in [-0.2, 0) is 0 Å². The highest BCUT2D eigenvalue weighted by Crippen LogP contribution is 2.48. The largest absolute Gasteiger partial charge is 0.456 e. The standard InChI is InChI=1S/C50H29BN3O2/c1-2-13-29(14-3-1)45-26-30-25-41-36(28-46(30)56-45)51-48-35(33-18-12-24-44-49(33)52-37-19-7-11-23-43(37)55-44)27-42(47-34-17-6-10-22-40(34)54(41)50(47)48)53-38-20-8-4-15-31(38)32-16-5-9-21-39(32)53/h1-28,52H. The van der Waals surface area contributed by atoms with E-state index in [0.717, 1.165) is 84.1 Å². The van der Waals surface area contributed by atoms with Crippen molar-refractivity contribution in [1.29, 1.82) is 0 Å². The Morgan fingerprint density at radius 3 is 2.00 bits per heavy atom. The average Bonchev–Trinajstić information content (AvgIpc) is 3.94. The number of fused-ring (bicyclic) bond motifs is 11. The molecule has 0 atom stereocenters. The Morgan fingerprint density at radius 2 is 1.20 bits per heavy atom. The second-order valence-electron chi connectivity index (χ2n) is 14.8. The summed E-state index contributed by atoms with van der Waals surface area (Å²) in [7, 11) is 2.36. The minimum atomic E-state index is 0.800. The van der Waals surface area contributed by atoms with Gasteiger partial charge in [0.05, 0.1) is 39.1 Å². The van der Waals surface area contributed by atoms with Crippen molar-refractivity contribution in [2.75, 3.05) is 5.32 Å². The molecule has 0 amide bonds. The van der Waals surface area contributed by atoms with Crippen LogP contribution in [-0.4, -0.2) is 16.4 Å². The zero-order chi connectivity index (χ0) is 36.5. The number of para-hydroxylation sites is 6. The predicted octanol–water partition coefficient (Wildman–Crippen LogP) is 11.8. The normalized spacial score (nSPS) is 12.7. The van der Waals surface area contributed by atoms with E-state index >= 15 is 0 Å². The predicted molar refractivity (Wildman–Crippen MR) is 231 cm³/mol. The second-order valence-corrected chi connectivity index (χ2v) is 14.8. The summed E-state index contributed by atoms with van der Waals surface area (Å²) < 4.78 is 18.1. The van der Waals surface area contributed by atoms with E-state index in [2.05, 4.69) is 161 Å². The Morgan fingerprint density at radius 1 is 0.518 bits per heavy atom. The Hall–Kier alpha value is -7.44. The highest BCUT2D eigenvalue weighted by molar-refractivity contribution is 6.74. The fourth-order valence-corrected chi connectivity index (χ4v) is 9.33. The first kappa shape index (κ1) is 30.0. The summed E-state index contributed by atoms with van der Waals surface area (Å²) >= 11 is 0. The molecule has 0 aliphatic carbocycles. The molecule has 0 saturated carbocycles. The van der Waals surface area contributed by atoms with Crippen molar-refractivity contribution in [3.63, 3.8) is 0 Å². The Kier molecular flexibility index (Phi) is 5.92. The molecule has 1 radical (unpaired) electrons. The summed E-state index contributed by atoms with van der Waals surface area (Å²) in [6.45, 7) is 0. The van der Waals surface area contributed by atoms with Crippen LogP contribution in [0, 0.1) is 0 Å². The van der Waals surface area contributed by atoms with Crippen molar-refractivity contribution in [1.82, 2.24) is 9.13 Å². The molecule has 5 nitrogen and oxygen atoms in total. The number of anilines is 2. The molecule has 0 bridgehead atoms. The molecular formula is C50H29BN3O2. The minimum Gasteiger partial charge on any atom is -0.456 e. The maximum absolute atomic E-state index is 6.56. The van der Waals surface area contributed by atoms with Crippen LogP contribution in [0.4, 0.5) is 11.4 Å². The van der Waals surface area contributed by atoms with Crippen LogP contribution in [0.25, 0.3) is 88.4 Å². The number of nitrogens with zero attached hydrogens (tertiary/aromatic N) is 2. The van der Waals surface area contributed by atoms with E-state index in [1.807, 2.05) is 30.3 Å². The van der Waals surface area contributed by atoms with Gasteiger partial charge >= 0.3 is 0 Å². The fourth-order valence-electron chi connectivity index (χ4n) is 9.33. The van der Waals surface area contributed by atoms with E-state index in [-0.39, 0.29) is 0 Å². The molecule has 0 fully saturated rings. The van der Waals surface area contributed by atoms with Crippen LogP contribution in [0.1, 0.15) is 0 Å². The molecule has 8 aromatic carbocycles. The smallest absolute Gasteiger partial charge is 0.198 e. The maximum atomic E-state index is 6.56. The van der Waals surface area contributed by atoms with Crippen molar-refractivity contribution in [3.8, 4) is 45.3 Å². The molecule has 1 N–H and O–H groups in total. The molecule has 11 aromatic rings. The first-order chi connectivity index (χ1) is 27.8. The highest BCUT2D eigenvalue weighted by atomic mass is 16.5. The highest BCUT2D eigenvalue weighted by Gasteiger charge is 2.31. The Bertz CT molecular complexity index is 3410. The van der Waals surface area contributed by atoms with Gasteiger partial charge in [0.15, 0.2) is 18.8 Å². The molecule has 5 heterocycles. The summed E-state index contributed by atoms with van der Waals surface area (Å²) in [4.78, 5) is 0. The molecule has 0 saturated heterocycles. The number of aromatic nitrogens is 2. The third kappa shape index (κ3) is 4.05. The van der Waals surface area contributed by atoms with Gasteiger partial charge in [0.1, 0.15) is 11.3 Å². The van der Waals surface area contributed by atoms with E-state index in [0.29, 0.717) is 0 Å². The first-order valence-electron chi connectivity index (χ1n) is 19.0. The van der Waals surface area contributed by atoms with Gasteiger partial charge in [-0.3, -0.25) is 0 Å². The third-order valence-corrected chi connectivity index (χ3v) is 11.7. The summed E-state index contributed by atoms with van der Waals surface area (Å²) in [6, 6.07) is 60.3. The van der Waals surface area contributed by atoms with E-state index in [4.69, 9.17) is 9.15 Å². The molecule has 0 spiro atoms. The Labute approximate surface area is 321 Å². The third-order valence-electron chi connectivity index (χ3n) is 11.7. The fraction of sp³-hybridized carbons (Fsp3) is 0. The van der Waals surface area contributed by atoms with Crippen molar-refractivity contribution >= 4 is 84.2 Å². The molecule has 2 aliphatic rings. The summed E-state index contributed by atoms with van der Waals surface area (Å²) in [5.41, 5.74) is 15.2. The number of rotatable bonds is 3. The van der Waals surface area contributed by atoms with E-state index in [1.165, 1.54) is 38.1 Å². The molecule has 0 unspecified atom stereocenters. The van der Waals surface area contributed by atoms with Crippen LogP contribution >= 0.6 is 0 Å². The van der Waals surface area contributed by atoms with E-state index in [1.54, 1.807) is 0 Å². The van der Waals surface area contributed by atoms with Crippen molar-refractivity contribution in [2.45, 2.75) is 0 Å². The molecule has 13 rings (SSSR count). The van der Waals surface area contributed by atoms with Crippen LogP contribution < -0.4 is 21.0 Å². The minimum absolute atomic E-state index is 0.800. The molecule has 6 heteroatoms. The summed E-state index contributed by atoms with van der Waals surface area (Å²) in [5.74, 6) is 2.48. The lowest BCUT2D eigenvalue weighted by atomic mass is 9.59. The first-order valence-corrected chi connectivity index (χ1v) is 19.0. The van der Waals surface area contributed by atoms with Crippen LogP contribution in [0.3, 0.4) is 0 Å². The molecule has 259 valence electrons. The molecular weight excluding hydrogens is 685 g/mol. The lowest BCUT2D eigenvalue weighted by molar-refractivity contribution is 0.481. The monoisotopic (exact) mass is 714 g/mol. The van der Waals surface area contributed by atoms with Gasteiger partial charge in [-0.15, -0.1) is 0 Å². The molecule has 2 aliphatic heterocycles. The van der Waals surface area contributed by atoms with Gasteiger partial charge in [-0.25, -0.2) is 0 Å². The zero-order valence-electron chi connectivity index (χ0n) is 30.0. The number of ether oxygens (including phenoxy) is 1. The number of furan rings is 1. The SMILES string of the molecule is [B]1c2cc3oc(-c4ccccc4)cc3cc2-n2c3ccccc3c3c(-n4c5ccccc5c5ccccc54)cc(-c4cccc5c4Nc4ccccc4O5)c1c32. The molecule has 3 aromatic heterocycles. The lowest BCUT2D eigenvalue weighted by Crippen LogP contribution is -2.37. The lowest BCUT2D eigenvalue weighted by Gasteiger charge is -2.27. The van der Waals surface area contributed by atoms with Crippen molar-refractivity contribution < 1.29 is 9.15 Å². The van der Waals surface area contributed by atoms with Crippen LogP contribution in [0.5, 0.6) is 11.5 Å². The maximum Gasteiger partial charge on any atom is 0.198 e. The van der Waals surface area contributed by atoms with Crippen molar-refractivity contribution in [2.24, 2.45) is 0 Å². The zero-order valence-corrected chi connectivity index (χ0v) is 30.0. The van der Waals surface area contributed by atoms with Gasteiger partial charge in [-0.05, 0) is 71.7 Å². The van der Waals surface area contributed by atoms with Crippen molar-refractivity contribution in [3.05, 3.63) is 170 Å².